The number of aromatic nitrogens is 1. The molecule has 19 heavy (non-hydrogen) atoms. The Hall–Kier alpha value is -2.36. The predicted molar refractivity (Wildman–Crippen MR) is 71.9 cm³/mol. The molecule has 1 aromatic carbocycles. The van der Waals surface area contributed by atoms with Gasteiger partial charge in [0, 0.05) is 6.20 Å². The summed E-state index contributed by atoms with van der Waals surface area (Å²) in [6.07, 6.45) is 3.20. The quantitative estimate of drug-likeness (QED) is 0.884. The number of nitrogens with zero attached hydrogens (tertiary/aromatic N) is 1. The van der Waals surface area contributed by atoms with Crippen molar-refractivity contribution < 1.29 is 9.90 Å². The highest BCUT2D eigenvalue weighted by atomic mass is 16.3. The molecule has 1 aliphatic carbocycles. The van der Waals surface area contributed by atoms with Crippen LogP contribution in [0.25, 0.3) is 0 Å². The van der Waals surface area contributed by atoms with Crippen molar-refractivity contribution >= 4 is 11.7 Å². The first-order valence-electron chi connectivity index (χ1n) is 6.23. The van der Waals surface area contributed by atoms with E-state index in [0.29, 0.717) is 0 Å². The molecule has 1 amide bonds. The molecule has 96 valence electrons. The topological polar surface area (TPSA) is 62.2 Å². The standard InChI is InChI=1S/C15H14N2O2/c18-12-7-4-10-16-13(12)17-14(19)15(8-9-15)11-5-2-1-3-6-11/h1-7,10,18H,8-9H2,(H,16,17,19). The fourth-order valence-corrected chi connectivity index (χ4v) is 2.25. The van der Waals surface area contributed by atoms with Gasteiger partial charge in [-0.15, -0.1) is 0 Å². The van der Waals surface area contributed by atoms with Crippen LogP contribution in [-0.2, 0) is 10.2 Å². The number of hydrogen-bond acceptors (Lipinski definition) is 3. The second kappa shape index (κ2) is 4.39. The summed E-state index contributed by atoms with van der Waals surface area (Å²) in [7, 11) is 0. The minimum absolute atomic E-state index is 0.0142. The lowest BCUT2D eigenvalue weighted by Gasteiger charge is -2.15. The zero-order valence-corrected chi connectivity index (χ0v) is 10.3. The number of pyridine rings is 1. The van der Waals surface area contributed by atoms with Gasteiger partial charge in [0.15, 0.2) is 11.6 Å². The molecule has 1 aromatic heterocycles. The SMILES string of the molecule is O=C(Nc1ncccc1O)C1(c2ccccc2)CC1. The van der Waals surface area contributed by atoms with Gasteiger partial charge in [-0.1, -0.05) is 30.3 Å². The van der Waals surface area contributed by atoms with Crippen LogP contribution in [0.15, 0.2) is 48.7 Å². The molecule has 1 fully saturated rings. The van der Waals surface area contributed by atoms with Gasteiger partial charge in [-0.2, -0.15) is 0 Å². The summed E-state index contributed by atoms with van der Waals surface area (Å²) < 4.78 is 0. The number of benzene rings is 1. The van der Waals surface area contributed by atoms with Gasteiger partial charge in [-0.25, -0.2) is 4.98 Å². The molecule has 0 radical (unpaired) electrons. The van der Waals surface area contributed by atoms with Crippen molar-refractivity contribution in [2.24, 2.45) is 0 Å². The Morgan fingerprint density at radius 3 is 2.53 bits per heavy atom. The molecular weight excluding hydrogens is 240 g/mol. The Morgan fingerprint density at radius 1 is 1.16 bits per heavy atom. The molecule has 1 heterocycles. The Morgan fingerprint density at radius 2 is 1.89 bits per heavy atom. The molecule has 0 unspecified atom stereocenters. The summed E-state index contributed by atoms with van der Waals surface area (Å²) in [4.78, 5) is 16.4. The smallest absolute Gasteiger partial charge is 0.236 e. The van der Waals surface area contributed by atoms with E-state index in [2.05, 4.69) is 10.3 Å². The van der Waals surface area contributed by atoms with Crippen molar-refractivity contribution in [3.8, 4) is 5.75 Å². The van der Waals surface area contributed by atoms with Crippen LogP contribution >= 0.6 is 0 Å². The number of aromatic hydroxyl groups is 1. The van der Waals surface area contributed by atoms with Gasteiger partial charge >= 0.3 is 0 Å². The third-order valence-corrected chi connectivity index (χ3v) is 3.53. The van der Waals surface area contributed by atoms with E-state index < -0.39 is 5.41 Å². The molecule has 2 N–H and O–H groups in total. The number of nitrogens with one attached hydrogen (secondary N) is 1. The Kier molecular flexibility index (Phi) is 2.71. The monoisotopic (exact) mass is 254 g/mol. The first kappa shape index (κ1) is 11.7. The van der Waals surface area contributed by atoms with Crippen molar-refractivity contribution in [1.29, 1.82) is 0 Å². The number of carbonyl (C=O) groups is 1. The van der Waals surface area contributed by atoms with Crippen LogP contribution < -0.4 is 5.32 Å². The van der Waals surface area contributed by atoms with Crippen LogP contribution in [0.2, 0.25) is 0 Å². The van der Waals surface area contributed by atoms with E-state index in [1.165, 1.54) is 12.3 Å². The third kappa shape index (κ3) is 2.05. The third-order valence-electron chi connectivity index (χ3n) is 3.53. The summed E-state index contributed by atoms with van der Waals surface area (Å²) in [6, 6.07) is 12.8. The van der Waals surface area contributed by atoms with Crippen molar-refractivity contribution in [3.63, 3.8) is 0 Å². The van der Waals surface area contributed by atoms with Gasteiger partial charge in [0.05, 0.1) is 5.41 Å². The molecule has 0 bridgehead atoms. The molecule has 2 aromatic rings. The summed E-state index contributed by atoms with van der Waals surface area (Å²) in [5.41, 5.74) is 0.563. The largest absolute Gasteiger partial charge is 0.504 e. The van der Waals surface area contributed by atoms with Crippen molar-refractivity contribution in [1.82, 2.24) is 4.98 Å². The van der Waals surface area contributed by atoms with Gasteiger partial charge in [0.1, 0.15) is 0 Å². The Bertz CT molecular complexity index is 607. The molecule has 0 saturated heterocycles. The van der Waals surface area contributed by atoms with Gasteiger partial charge in [-0.05, 0) is 30.5 Å². The van der Waals surface area contributed by atoms with Crippen LogP contribution in [-0.4, -0.2) is 16.0 Å². The van der Waals surface area contributed by atoms with Crippen LogP contribution in [0.5, 0.6) is 5.75 Å². The average Bonchev–Trinajstić information content (AvgIpc) is 3.24. The van der Waals surface area contributed by atoms with Crippen molar-refractivity contribution in [2.75, 3.05) is 5.32 Å². The summed E-state index contributed by atoms with van der Waals surface area (Å²) in [5.74, 6) is 0.0992. The number of carbonyl (C=O) groups excluding carboxylic acids is 1. The molecular formula is C15H14N2O2. The van der Waals surface area contributed by atoms with E-state index in [9.17, 15) is 9.90 Å². The van der Waals surface area contributed by atoms with Crippen LogP contribution in [0.1, 0.15) is 18.4 Å². The number of anilines is 1. The average molecular weight is 254 g/mol. The normalized spacial score (nSPS) is 15.8. The lowest BCUT2D eigenvalue weighted by atomic mass is 9.95. The number of hydrogen-bond donors (Lipinski definition) is 2. The van der Waals surface area contributed by atoms with E-state index in [0.717, 1.165) is 18.4 Å². The zero-order valence-electron chi connectivity index (χ0n) is 10.3. The van der Waals surface area contributed by atoms with Crippen LogP contribution in [0, 0.1) is 0 Å². The summed E-state index contributed by atoms with van der Waals surface area (Å²) in [6.45, 7) is 0. The van der Waals surface area contributed by atoms with Gasteiger partial charge in [0.2, 0.25) is 5.91 Å². The first-order valence-corrected chi connectivity index (χ1v) is 6.23. The van der Waals surface area contributed by atoms with Gasteiger partial charge in [-0.3, -0.25) is 4.79 Å². The molecule has 3 rings (SSSR count). The highest BCUT2D eigenvalue weighted by molar-refractivity contribution is 6.01. The maximum absolute atomic E-state index is 12.4. The lowest BCUT2D eigenvalue weighted by Crippen LogP contribution is -2.28. The van der Waals surface area contributed by atoms with Gasteiger partial charge in [0.25, 0.3) is 0 Å². The maximum Gasteiger partial charge on any atom is 0.236 e. The second-order valence-corrected chi connectivity index (χ2v) is 4.77. The fourth-order valence-electron chi connectivity index (χ4n) is 2.25. The number of amides is 1. The van der Waals surface area contributed by atoms with Crippen molar-refractivity contribution in [3.05, 3.63) is 54.2 Å². The highest BCUT2D eigenvalue weighted by Crippen LogP contribution is 2.49. The lowest BCUT2D eigenvalue weighted by molar-refractivity contribution is -0.118. The zero-order chi connectivity index (χ0) is 13.3. The highest BCUT2D eigenvalue weighted by Gasteiger charge is 2.51. The van der Waals surface area contributed by atoms with Crippen LogP contribution in [0.3, 0.4) is 0 Å². The van der Waals surface area contributed by atoms with E-state index >= 15 is 0 Å². The summed E-state index contributed by atoms with van der Waals surface area (Å²) in [5, 5.41) is 12.4. The first-order chi connectivity index (χ1) is 9.22. The van der Waals surface area contributed by atoms with Crippen molar-refractivity contribution in [2.45, 2.75) is 18.3 Å². The molecule has 0 atom stereocenters. The molecule has 1 saturated carbocycles. The van der Waals surface area contributed by atoms with E-state index in [1.54, 1.807) is 6.07 Å². The molecule has 1 aliphatic rings. The van der Waals surface area contributed by atoms with Crippen LogP contribution in [0.4, 0.5) is 5.82 Å². The maximum atomic E-state index is 12.4. The fraction of sp³-hybridized carbons (Fsp3) is 0.200. The Balaban J connectivity index is 1.84. The molecule has 0 aliphatic heterocycles. The minimum atomic E-state index is -0.453. The molecule has 4 heteroatoms. The molecule has 0 spiro atoms. The van der Waals surface area contributed by atoms with E-state index in [4.69, 9.17) is 0 Å². The van der Waals surface area contributed by atoms with E-state index in [-0.39, 0.29) is 17.5 Å². The minimum Gasteiger partial charge on any atom is -0.504 e. The second-order valence-electron chi connectivity index (χ2n) is 4.77. The summed E-state index contributed by atoms with van der Waals surface area (Å²) >= 11 is 0. The Labute approximate surface area is 111 Å². The van der Waals surface area contributed by atoms with Gasteiger partial charge < -0.3 is 10.4 Å². The number of rotatable bonds is 3. The molecule has 4 nitrogen and oxygen atoms in total. The predicted octanol–water partition coefficient (Wildman–Crippen LogP) is 2.46. The van der Waals surface area contributed by atoms with E-state index in [1.807, 2.05) is 30.3 Å².